The third-order valence-corrected chi connectivity index (χ3v) is 2.68. The summed E-state index contributed by atoms with van der Waals surface area (Å²) in [5.41, 5.74) is 9.78. The Morgan fingerprint density at radius 1 is 1.44 bits per heavy atom. The summed E-state index contributed by atoms with van der Waals surface area (Å²) in [7, 11) is 1.92. The van der Waals surface area contributed by atoms with E-state index in [1.807, 2.05) is 25.5 Å². The molecule has 2 aromatic rings. The van der Waals surface area contributed by atoms with Gasteiger partial charge in [-0.2, -0.15) is 5.10 Å². The molecular formula is C13H17N3. The molecule has 0 radical (unpaired) electrons. The zero-order valence-electron chi connectivity index (χ0n) is 9.72. The lowest BCUT2D eigenvalue weighted by atomic mass is 10.0. The molecule has 1 unspecified atom stereocenters. The quantitative estimate of drug-likeness (QED) is 0.850. The Morgan fingerprint density at radius 3 is 2.88 bits per heavy atom. The minimum atomic E-state index is 0.0455. The lowest BCUT2D eigenvalue weighted by molar-refractivity contribution is 0.718. The van der Waals surface area contributed by atoms with Gasteiger partial charge >= 0.3 is 0 Å². The highest BCUT2D eigenvalue weighted by Crippen LogP contribution is 2.16. The van der Waals surface area contributed by atoms with Crippen molar-refractivity contribution in [1.29, 1.82) is 0 Å². The van der Waals surface area contributed by atoms with Gasteiger partial charge in [0.2, 0.25) is 0 Å². The van der Waals surface area contributed by atoms with Gasteiger partial charge in [0, 0.05) is 19.3 Å². The maximum absolute atomic E-state index is 6.17. The smallest absolute Gasteiger partial charge is 0.0522 e. The summed E-state index contributed by atoms with van der Waals surface area (Å²) in [5, 5.41) is 4.14. The van der Waals surface area contributed by atoms with E-state index >= 15 is 0 Å². The van der Waals surface area contributed by atoms with Crippen molar-refractivity contribution in [1.82, 2.24) is 9.78 Å². The molecule has 0 aliphatic carbocycles. The van der Waals surface area contributed by atoms with Crippen LogP contribution in [0.5, 0.6) is 0 Å². The normalized spacial score (nSPS) is 12.7. The molecule has 0 fully saturated rings. The molecule has 0 saturated carbocycles. The third-order valence-electron chi connectivity index (χ3n) is 2.68. The highest BCUT2D eigenvalue weighted by atomic mass is 15.2. The van der Waals surface area contributed by atoms with Crippen LogP contribution < -0.4 is 5.73 Å². The Bertz CT molecular complexity index is 474. The van der Waals surface area contributed by atoms with E-state index in [2.05, 4.69) is 30.2 Å². The molecule has 1 atom stereocenters. The molecule has 0 saturated heterocycles. The second-order valence-electron chi connectivity index (χ2n) is 4.25. The molecule has 1 heterocycles. The molecule has 0 bridgehead atoms. The Balaban J connectivity index is 2.11. The summed E-state index contributed by atoms with van der Waals surface area (Å²) in [6.07, 6.45) is 4.71. The second kappa shape index (κ2) is 4.49. The molecule has 2 N–H and O–H groups in total. The zero-order chi connectivity index (χ0) is 11.5. The molecule has 0 aliphatic heterocycles. The van der Waals surface area contributed by atoms with E-state index in [1.54, 1.807) is 4.68 Å². The highest BCUT2D eigenvalue weighted by molar-refractivity contribution is 5.26. The van der Waals surface area contributed by atoms with Gasteiger partial charge in [0.05, 0.1) is 6.20 Å². The number of hydrogen-bond donors (Lipinski definition) is 1. The van der Waals surface area contributed by atoms with Crippen LogP contribution in [0.3, 0.4) is 0 Å². The molecule has 16 heavy (non-hydrogen) atoms. The van der Waals surface area contributed by atoms with E-state index in [0.717, 1.165) is 6.42 Å². The van der Waals surface area contributed by atoms with Crippen molar-refractivity contribution < 1.29 is 0 Å². The van der Waals surface area contributed by atoms with Crippen LogP contribution in [0.25, 0.3) is 0 Å². The third kappa shape index (κ3) is 2.49. The van der Waals surface area contributed by atoms with Crippen LogP contribution in [0.15, 0.2) is 36.7 Å². The summed E-state index contributed by atoms with van der Waals surface area (Å²) in [6, 6.07) is 8.40. The number of aromatic nitrogens is 2. The van der Waals surface area contributed by atoms with E-state index in [4.69, 9.17) is 5.73 Å². The lowest BCUT2D eigenvalue weighted by Crippen LogP contribution is -2.13. The SMILES string of the molecule is Cc1cccc(C(N)Cc2cnn(C)c2)c1. The first-order valence-corrected chi connectivity index (χ1v) is 5.45. The van der Waals surface area contributed by atoms with E-state index < -0.39 is 0 Å². The summed E-state index contributed by atoms with van der Waals surface area (Å²) < 4.78 is 1.80. The molecule has 1 aromatic heterocycles. The van der Waals surface area contributed by atoms with Crippen LogP contribution in [0, 0.1) is 6.92 Å². The Morgan fingerprint density at radius 2 is 2.25 bits per heavy atom. The van der Waals surface area contributed by atoms with Gasteiger partial charge in [-0.1, -0.05) is 29.8 Å². The standard InChI is InChI=1S/C13H17N3/c1-10-4-3-5-12(6-10)13(14)7-11-8-15-16(2)9-11/h3-6,8-9,13H,7,14H2,1-2H3. The molecule has 2 rings (SSSR count). The van der Waals surface area contributed by atoms with Crippen LogP contribution >= 0.6 is 0 Å². The van der Waals surface area contributed by atoms with Crippen LogP contribution in [0.2, 0.25) is 0 Å². The summed E-state index contributed by atoms with van der Waals surface area (Å²) >= 11 is 0. The average molecular weight is 215 g/mol. The molecule has 0 amide bonds. The predicted molar refractivity (Wildman–Crippen MR) is 65.0 cm³/mol. The number of nitrogens with two attached hydrogens (primary N) is 1. The van der Waals surface area contributed by atoms with Gasteiger partial charge in [-0.25, -0.2) is 0 Å². The van der Waals surface area contributed by atoms with Gasteiger partial charge in [0.1, 0.15) is 0 Å². The monoisotopic (exact) mass is 215 g/mol. The van der Waals surface area contributed by atoms with Crippen molar-refractivity contribution in [2.45, 2.75) is 19.4 Å². The molecule has 0 aliphatic rings. The van der Waals surface area contributed by atoms with Gasteiger partial charge in [-0.3, -0.25) is 4.68 Å². The molecule has 3 nitrogen and oxygen atoms in total. The van der Waals surface area contributed by atoms with Gasteiger partial charge < -0.3 is 5.73 Å². The molecule has 1 aromatic carbocycles. The fourth-order valence-corrected chi connectivity index (χ4v) is 1.85. The Hall–Kier alpha value is -1.61. The first-order chi connectivity index (χ1) is 7.65. The molecule has 84 valence electrons. The Kier molecular flexibility index (Phi) is 3.06. The minimum Gasteiger partial charge on any atom is -0.324 e. The highest BCUT2D eigenvalue weighted by Gasteiger charge is 2.08. The van der Waals surface area contributed by atoms with Crippen LogP contribution in [-0.4, -0.2) is 9.78 Å². The van der Waals surface area contributed by atoms with Crippen molar-refractivity contribution in [3.05, 3.63) is 53.3 Å². The van der Waals surface area contributed by atoms with Gasteiger partial charge in [-0.15, -0.1) is 0 Å². The minimum absolute atomic E-state index is 0.0455. The molecular weight excluding hydrogens is 198 g/mol. The zero-order valence-corrected chi connectivity index (χ0v) is 9.72. The fourth-order valence-electron chi connectivity index (χ4n) is 1.85. The maximum Gasteiger partial charge on any atom is 0.0522 e. The first kappa shape index (κ1) is 10.9. The van der Waals surface area contributed by atoms with E-state index in [-0.39, 0.29) is 6.04 Å². The fraction of sp³-hybridized carbons (Fsp3) is 0.308. The van der Waals surface area contributed by atoms with Gasteiger partial charge in [0.15, 0.2) is 0 Å². The Labute approximate surface area is 95.9 Å². The predicted octanol–water partition coefficient (Wildman–Crippen LogP) is 1.97. The van der Waals surface area contributed by atoms with Crippen LogP contribution in [0.1, 0.15) is 22.7 Å². The van der Waals surface area contributed by atoms with Crippen molar-refractivity contribution in [2.24, 2.45) is 12.8 Å². The number of benzene rings is 1. The van der Waals surface area contributed by atoms with Crippen LogP contribution in [0.4, 0.5) is 0 Å². The van der Waals surface area contributed by atoms with Crippen molar-refractivity contribution >= 4 is 0 Å². The summed E-state index contributed by atoms with van der Waals surface area (Å²) in [5.74, 6) is 0. The van der Waals surface area contributed by atoms with Crippen molar-refractivity contribution in [2.75, 3.05) is 0 Å². The average Bonchev–Trinajstić information content (AvgIpc) is 2.64. The largest absolute Gasteiger partial charge is 0.324 e. The maximum atomic E-state index is 6.17. The summed E-state index contributed by atoms with van der Waals surface area (Å²) in [4.78, 5) is 0. The van der Waals surface area contributed by atoms with Crippen molar-refractivity contribution in [3.8, 4) is 0 Å². The number of rotatable bonds is 3. The van der Waals surface area contributed by atoms with E-state index in [9.17, 15) is 0 Å². The van der Waals surface area contributed by atoms with Crippen molar-refractivity contribution in [3.63, 3.8) is 0 Å². The number of hydrogen-bond acceptors (Lipinski definition) is 2. The van der Waals surface area contributed by atoms with Gasteiger partial charge in [0.25, 0.3) is 0 Å². The van der Waals surface area contributed by atoms with E-state index in [1.165, 1.54) is 16.7 Å². The lowest BCUT2D eigenvalue weighted by Gasteiger charge is -2.11. The number of aryl methyl sites for hydroxylation is 2. The molecule has 0 spiro atoms. The van der Waals surface area contributed by atoms with Crippen LogP contribution in [-0.2, 0) is 13.5 Å². The second-order valence-corrected chi connectivity index (χ2v) is 4.25. The van der Waals surface area contributed by atoms with E-state index in [0.29, 0.717) is 0 Å². The topological polar surface area (TPSA) is 43.8 Å². The van der Waals surface area contributed by atoms with Gasteiger partial charge in [-0.05, 0) is 24.5 Å². The summed E-state index contributed by atoms with van der Waals surface area (Å²) in [6.45, 7) is 2.08. The number of nitrogens with zero attached hydrogens (tertiary/aromatic N) is 2. The first-order valence-electron chi connectivity index (χ1n) is 5.45. The molecule has 3 heteroatoms.